The van der Waals surface area contributed by atoms with Gasteiger partial charge in [0.15, 0.2) is 0 Å². The van der Waals surface area contributed by atoms with E-state index >= 15 is 0 Å². The van der Waals surface area contributed by atoms with E-state index in [-0.39, 0.29) is 0 Å². The molecule has 0 bridgehead atoms. The first-order valence-corrected chi connectivity index (χ1v) is 7.64. The summed E-state index contributed by atoms with van der Waals surface area (Å²) in [7, 11) is 4.20. The molecule has 0 saturated heterocycles. The molecule has 0 radical (unpaired) electrons. The Morgan fingerprint density at radius 2 is 1.71 bits per heavy atom. The lowest BCUT2D eigenvalue weighted by atomic mass is 10.0. The van der Waals surface area contributed by atoms with Crippen LogP contribution in [0.1, 0.15) is 22.3 Å². The Labute approximate surface area is 128 Å². The Morgan fingerprint density at radius 1 is 0.952 bits per heavy atom. The number of likely N-dealkylation sites (N-methyl/N-ethyl adjacent to an activating group) is 1. The molecule has 0 aliphatic heterocycles. The quantitative estimate of drug-likeness (QED) is 0.837. The zero-order chi connectivity index (χ0) is 15.1. The molecule has 2 aromatic rings. The molecule has 112 valence electrons. The van der Waals surface area contributed by atoms with Gasteiger partial charge in [-0.2, -0.15) is 0 Å². The largest absolute Gasteiger partial charge is 0.319 e. The lowest BCUT2D eigenvalue weighted by Gasteiger charge is -2.19. The topological polar surface area (TPSA) is 15.3 Å². The summed E-state index contributed by atoms with van der Waals surface area (Å²) in [5.41, 5.74) is 5.59. The maximum Gasteiger partial charge on any atom is 0.0236 e. The highest BCUT2D eigenvalue weighted by Gasteiger charge is 2.06. The Kier molecular flexibility index (Phi) is 5.97. The van der Waals surface area contributed by atoms with Crippen molar-refractivity contribution < 1.29 is 0 Å². The standard InChI is InChI=1S/C19H26N2/c1-16-7-6-8-17(13-16)14-21(3)15-19-10-5-4-9-18(19)11-12-20-2/h4-10,13,20H,11-12,14-15H2,1-3H3. The van der Waals surface area contributed by atoms with Crippen molar-refractivity contribution in [2.45, 2.75) is 26.4 Å². The van der Waals surface area contributed by atoms with Crippen molar-refractivity contribution in [2.75, 3.05) is 20.6 Å². The number of aryl methyl sites for hydroxylation is 1. The molecule has 2 nitrogen and oxygen atoms in total. The fraction of sp³-hybridized carbons (Fsp3) is 0.368. The minimum atomic E-state index is 0.988. The molecule has 0 atom stereocenters. The summed E-state index contributed by atoms with van der Waals surface area (Å²) in [6.07, 6.45) is 1.09. The van der Waals surface area contributed by atoms with Gasteiger partial charge in [-0.05, 0) is 50.7 Å². The maximum absolute atomic E-state index is 3.23. The summed E-state index contributed by atoms with van der Waals surface area (Å²) in [6, 6.07) is 17.5. The van der Waals surface area contributed by atoms with Crippen molar-refractivity contribution in [1.29, 1.82) is 0 Å². The van der Waals surface area contributed by atoms with Crippen molar-refractivity contribution in [1.82, 2.24) is 10.2 Å². The molecule has 21 heavy (non-hydrogen) atoms. The Morgan fingerprint density at radius 3 is 2.43 bits per heavy atom. The highest BCUT2D eigenvalue weighted by molar-refractivity contribution is 5.28. The smallest absolute Gasteiger partial charge is 0.0236 e. The zero-order valence-corrected chi connectivity index (χ0v) is 13.4. The van der Waals surface area contributed by atoms with E-state index in [4.69, 9.17) is 0 Å². The van der Waals surface area contributed by atoms with E-state index in [0.29, 0.717) is 0 Å². The van der Waals surface area contributed by atoms with E-state index in [1.165, 1.54) is 22.3 Å². The SMILES string of the molecule is CNCCc1ccccc1CN(C)Cc1cccc(C)c1. The lowest BCUT2D eigenvalue weighted by Crippen LogP contribution is -2.19. The summed E-state index contributed by atoms with van der Waals surface area (Å²) < 4.78 is 0. The Bertz CT molecular complexity index is 563. The molecule has 2 rings (SSSR count). The fourth-order valence-electron chi connectivity index (χ4n) is 2.68. The third kappa shape index (κ3) is 5.00. The summed E-state index contributed by atoms with van der Waals surface area (Å²) in [5, 5.41) is 3.23. The number of hydrogen-bond donors (Lipinski definition) is 1. The van der Waals surface area contributed by atoms with Gasteiger partial charge in [0.1, 0.15) is 0 Å². The number of hydrogen-bond acceptors (Lipinski definition) is 2. The van der Waals surface area contributed by atoms with E-state index in [1.54, 1.807) is 0 Å². The predicted octanol–water partition coefficient (Wildman–Crippen LogP) is 3.39. The van der Waals surface area contributed by atoms with Crippen LogP contribution >= 0.6 is 0 Å². The fourth-order valence-corrected chi connectivity index (χ4v) is 2.68. The van der Waals surface area contributed by atoms with E-state index < -0.39 is 0 Å². The number of rotatable bonds is 7. The summed E-state index contributed by atoms with van der Waals surface area (Å²) in [4.78, 5) is 2.38. The Hall–Kier alpha value is -1.64. The van der Waals surface area contributed by atoms with Gasteiger partial charge in [0.25, 0.3) is 0 Å². The van der Waals surface area contributed by atoms with Crippen LogP contribution in [0.25, 0.3) is 0 Å². The maximum atomic E-state index is 3.23. The van der Waals surface area contributed by atoms with Gasteiger partial charge in [0.2, 0.25) is 0 Å². The van der Waals surface area contributed by atoms with Gasteiger partial charge in [-0.3, -0.25) is 4.90 Å². The predicted molar refractivity (Wildman–Crippen MR) is 90.4 cm³/mol. The van der Waals surface area contributed by atoms with Gasteiger partial charge in [-0.25, -0.2) is 0 Å². The van der Waals surface area contributed by atoms with Crippen LogP contribution in [0.15, 0.2) is 48.5 Å². The van der Waals surface area contributed by atoms with Gasteiger partial charge in [-0.15, -0.1) is 0 Å². The molecule has 0 saturated carbocycles. The van der Waals surface area contributed by atoms with Crippen molar-refractivity contribution >= 4 is 0 Å². The third-order valence-corrected chi connectivity index (χ3v) is 3.74. The first-order valence-electron chi connectivity index (χ1n) is 7.64. The van der Waals surface area contributed by atoms with Gasteiger partial charge in [-0.1, -0.05) is 54.1 Å². The molecular weight excluding hydrogens is 256 g/mol. The van der Waals surface area contributed by atoms with Crippen LogP contribution in [0.3, 0.4) is 0 Å². The lowest BCUT2D eigenvalue weighted by molar-refractivity contribution is 0.318. The van der Waals surface area contributed by atoms with Crippen LogP contribution in [0.2, 0.25) is 0 Å². The molecule has 0 spiro atoms. The first kappa shape index (κ1) is 15.7. The normalized spacial score (nSPS) is 11.0. The second-order valence-electron chi connectivity index (χ2n) is 5.78. The van der Waals surface area contributed by atoms with Crippen LogP contribution in [0.5, 0.6) is 0 Å². The van der Waals surface area contributed by atoms with Gasteiger partial charge < -0.3 is 5.32 Å². The molecule has 2 heteroatoms. The van der Waals surface area contributed by atoms with E-state index in [1.807, 2.05) is 7.05 Å². The van der Waals surface area contributed by atoms with Crippen molar-refractivity contribution in [3.05, 3.63) is 70.8 Å². The molecule has 1 N–H and O–H groups in total. The van der Waals surface area contributed by atoms with E-state index in [9.17, 15) is 0 Å². The molecule has 0 amide bonds. The van der Waals surface area contributed by atoms with E-state index in [2.05, 4.69) is 72.7 Å². The number of benzene rings is 2. The number of nitrogens with one attached hydrogen (secondary N) is 1. The molecule has 2 aromatic carbocycles. The van der Waals surface area contributed by atoms with Crippen LogP contribution in [-0.2, 0) is 19.5 Å². The minimum Gasteiger partial charge on any atom is -0.319 e. The summed E-state index contributed by atoms with van der Waals surface area (Å²) in [5.74, 6) is 0. The van der Waals surface area contributed by atoms with Crippen molar-refractivity contribution in [2.24, 2.45) is 0 Å². The van der Waals surface area contributed by atoms with Crippen LogP contribution in [0, 0.1) is 6.92 Å². The molecule has 0 aliphatic rings. The zero-order valence-electron chi connectivity index (χ0n) is 13.4. The molecule has 0 unspecified atom stereocenters. The van der Waals surface area contributed by atoms with Gasteiger partial charge >= 0.3 is 0 Å². The van der Waals surface area contributed by atoms with Crippen molar-refractivity contribution in [3.8, 4) is 0 Å². The first-order chi connectivity index (χ1) is 10.2. The minimum absolute atomic E-state index is 0.988. The Balaban J connectivity index is 2.00. The highest BCUT2D eigenvalue weighted by Crippen LogP contribution is 2.14. The molecule has 0 heterocycles. The van der Waals surface area contributed by atoms with Crippen LogP contribution in [0.4, 0.5) is 0 Å². The molecule has 0 fully saturated rings. The molecule has 0 aliphatic carbocycles. The summed E-state index contributed by atoms with van der Waals surface area (Å²) in [6.45, 7) is 5.16. The van der Waals surface area contributed by atoms with Crippen molar-refractivity contribution in [3.63, 3.8) is 0 Å². The number of nitrogens with zero attached hydrogens (tertiary/aromatic N) is 1. The monoisotopic (exact) mass is 282 g/mol. The van der Waals surface area contributed by atoms with Crippen LogP contribution < -0.4 is 5.32 Å². The van der Waals surface area contributed by atoms with Gasteiger partial charge in [0.05, 0.1) is 0 Å². The van der Waals surface area contributed by atoms with Crippen LogP contribution in [-0.4, -0.2) is 25.5 Å². The average Bonchev–Trinajstić information content (AvgIpc) is 2.46. The molecular formula is C19H26N2. The second-order valence-corrected chi connectivity index (χ2v) is 5.78. The molecule has 0 aromatic heterocycles. The summed E-state index contributed by atoms with van der Waals surface area (Å²) >= 11 is 0. The highest BCUT2D eigenvalue weighted by atomic mass is 15.1. The third-order valence-electron chi connectivity index (χ3n) is 3.74. The second kappa shape index (κ2) is 7.96. The van der Waals surface area contributed by atoms with Gasteiger partial charge in [0, 0.05) is 13.1 Å². The van der Waals surface area contributed by atoms with E-state index in [0.717, 1.165) is 26.1 Å². The average molecular weight is 282 g/mol.